The van der Waals surface area contributed by atoms with Gasteiger partial charge in [0.2, 0.25) is 0 Å². The minimum atomic E-state index is 0.523. The maximum atomic E-state index is 9.28. The summed E-state index contributed by atoms with van der Waals surface area (Å²) in [5.41, 5.74) is 2.87. The van der Waals surface area contributed by atoms with Gasteiger partial charge in [-0.25, -0.2) is 0 Å². The lowest BCUT2D eigenvalue weighted by Gasteiger charge is -2.33. The number of nitriles is 1. The van der Waals surface area contributed by atoms with Crippen molar-refractivity contribution in [1.29, 1.82) is 5.26 Å². The summed E-state index contributed by atoms with van der Waals surface area (Å²) in [4.78, 5) is 0. The molecule has 1 saturated carbocycles. The molecule has 2 heteroatoms. The van der Waals surface area contributed by atoms with Gasteiger partial charge in [0, 0.05) is 6.04 Å². The highest BCUT2D eigenvalue weighted by Crippen LogP contribution is 2.32. The Bertz CT molecular complexity index is 471. The summed E-state index contributed by atoms with van der Waals surface area (Å²) in [6.07, 6.45) is 5.11. The molecule has 0 amide bonds. The molecular formula is C17H24N2. The van der Waals surface area contributed by atoms with Gasteiger partial charge in [-0.1, -0.05) is 38.8 Å². The molecule has 0 bridgehead atoms. The van der Waals surface area contributed by atoms with Crippen LogP contribution >= 0.6 is 0 Å². The Kier molecular flexibility index (Phi) is 4.47. The SMILES string of the molecule is Cc1cccc(NC2CCCC(C(C)C)C2)c1C#N. The van der Waals surface area contributed by atoms with E-state index in [-0.39, 0.29) is 0 Å². The van der Waals surface area contributed by atoms with E-state index in [1.807, 2.05) is 25.1 Å². The summed E-state index contributed by atoms with van der Waals surface area (Å²) in [6, 6.07) is 8.91. The number of rotatable bonds is 3. The Hall–Kier alpha value is -1.49. The minimum absolute atomic E-state index is 0.523. The summed E-state index contributed by atoms with van der Waals surface area (Å²) >= 11 is 0. The van der Waals surface area contributed by atoms with Crippen LogP contribution in [0, 0.1) is 30.1 Å². The van der Waals surface area contributed by atoms with Crippen molar-refractivity contribution in [2.45, 2.75) is 52.5 Å². The van der Waals surface area contributed by atoms with E-state index < -0.39 is 0 Å². The largest absolute Gasteiger partial charge is 0.381 e. The van der Waals surface area contributed by atoms with Crippen LogP contribution in [0.25, 0.3) is 0 Å². The number of benzene rings is 1. The van der Waals surface area contributed by atoms with E-state index >= 15 is 0 Å². The van der Waals surface area contributed by atoms with Gasteiger partial charge in [-0.3, -0.25) is 0 Å². The van der Waals surface area contributed by atoms with Crippen molar-refractivity contribution < 1.29 is 0 Å². The number of nitrogens with one attached hydrogen (secondary N) is 1. The molecule has 0 saturated heterocycles. The molecule has 2 rings (SSSR count). The van der Waals surface area contributed by atoms with Crippen molar-refractivity contribution in [3.63, 3.8) is 0 Å². The van der Waals surface area contributed by atoms with Crippen molar-refractivity contribution in [1.82, 2.24) is 0 Å². The maximum absolute atomic E-state index is 9.28. The van der Waals surface area contributed by atoms with Crippen LogP contribution in [-0.2, 0) is 0 Å². The zero-order chi connectivity index (χ0) is 13.8. The van der Waals surface area contributed by atoms with Crippen molar-refractivity contribution >= 4 is 5.69 Å². The van der Waals surface area contributed by atoms with Crippen LogP contribution in [0.3, 0.4) is 0 Å². The molecule has 1 aromatic carbocycles. The van der Waals surface area contributed by atoms with E-state index in [0.717, 1.165) is 28.7 Å². The van der Waals surface area contributed by atoms with E-state index in [4.69, 9.17) is 0 Å². The van der Waals surface area contributed by atoms with Gasteiger partial charge in [-0.2, -0.15) is 5.26 Å². The summed E-state index contributed by atoms with van der Waals surface area (Å²) in [5, 5.41) is 12.9. The lowest BCUT2D eigenvalue weighted by atomic mass is 9.79. The fourth-order valence-electron chi connectivity index (χ4n) is 3.12. The van der Waals surface area contributed by atoms with E-state index in [1.54, 1.807) is 0 Å². The molecule has 0 spiro atoms. The van der Waals surface area contributed by atoms with E-state index in [2.05, 4.69) is 25.2 Å². The summed E-state index contributed by atoms with van der Waals surface area (Å²) in [6.45, 7) is 6.64. The standard InChI is InChI=1S/C17H24N2/c1-12(2)14-7-5-8-15(10-14)19-17-9-4-6-13(3)16(17)11-18/h4,6,9,12,14-15,19H,5,7-8,10H2,1-3H3. The van der Waals surface area contributed by atoms with Gasteiger partial charge in [0.25, 0.3) is 0 Å². The molecule has 19 heavy (non-hydrogen) atoms. The Balaban J connectivity index is 2.09. The first-order valence-electron chi connectivity index (χ1n) is 7.38. The van der Waals surface area contributed by atoms with Crippen molar-refractivity contribution in [3.05, 3.63) is 29.3 Å². The molecule has 0 heterocycles. The summed E-state index contributed by atoms with van der Waals surface area (Å²) in [7, 11) is 0. The molecule has 0 radical (unpaired) electrons. The van der Waals surface area contributed by atoms with Gasteiger partial charge >= 0.3 is 0 Å². The highest BCUT2D eigenvalue weighted by molar-refractivity contribution is 5.61. The Morgan fingerprint density at radius 3 is 2.79 bits per heavy atom. The lowest BCUT2D eigenvalue weighted by Crippen LogP contribution is -2.29. The van der Waals surface area contributed by atoms with Crippen LogP contribution in [0.4, 0.5) is 5.69 Å². The van der Waals surface area contributed by atoms with Crippen LogP contribution in [0.1, 0.15) is 50.7 Å². The second kappa shape index (κ2) is 6.10. The quantitative estimate of drug-likeness (QED) is 0.864. The topological polar surface area (TPSA) is 35.8 Å². The molecule has 2 nitrogen and oxygen atoms in total. The third-order valence-corrected chi connectivity index (χ3v) is 4.40. The van der Waals surface area contributed by atoms with Crippen LogP contribution in [-0.4, -0.2) is 6.04 Å². The number of nitrogens with zero attached hydrogens (tertiary/aromatic N) is 1. The first-order valence-corrected chi connectivity index (χ1v) is 7.38. The second-order valence-electron chi connectivity index (χ2n) is 6.12. The van der Waals surface area contributed by atoms with Gasteiger partial charge < -0.3 is 5.32 Å². The minimum Gasteiger partial charge on any atom is -0.381 e. The molecule has 102 valence electrons. The molecule has 1 N–H and O–H groups in total. The fourth-order valence-corrected chi connectivity index (χ4v) is 3.12. The lowest BCUT2D eigenvalue weighted by molar-refractivity contribution is 0.264. The van der Waals surface area contributed by atoms with Gasteiger partial charge in [-0.05, 0) is 43.2 Å². The molecule has 1 aliphatic rings. The normalized spacial score (nSPS) is 23.1. The Morgan fingerprint density at radius 1 is 1.32 bits per heavy atom. The Morgan fingerprint density at radius 2 is 2.11 bits per heavy atom. The number of anilines is 1. The molecule has 1 aliphatic carbocycles. The smallest absolute Gasteiger partial charge is 0.102 e. The molecule has 2 atom stereocenters. The van der Waals surface area contributed by atoms with Crippen molar-refractivity contribution in [3.8, 4) is 6.07 Å². The molecule has 0 aromatic heterocycles. The van der Waals surface area contributed by atoms with Crippen LogP contribution in [0.2, 0.25) is 0 Å². The predicted molar refractivity (Wildman–Crippen MR) is 80.1 cm³/mol. The maximum Gasteiger partial charge on any atom is 0.102 e. The average Bonchev–Trinajstić information content (AvgIpc) is 2.39. The molecule has 0 aliphatic heterocycles. The third kappa shape index (κ3) is 3.29. The van der Waals surface area contributed by atoms with Crippen LogP contribution in [0.5, 0.6) is 0 Å². The molecule has 2 unspecified atom stereocenters. The highest BCUT2D eigenvalue weighted by atomic mass is 14.9. The Labute approximate surface area is 116 Å². The summed E-state index contributed by atoms with van der Waals surface area (Å²) in [5.74, 6) is 1.58. The average molecular weight is 256 g/mol. The first kappa shape index (κ1) is 13.9. The van der Waals surface area contributed by atoms with Gasteiger partial charge in [0.1, 0.15) is 6.07 Å². The highest BCUT2D eigenvalue weighted by Gasteiger charge is 2.24. The van der Waals surface area contributed by atoms with Gasteiger partial charge in [0.15, 0.2) is 0 Å². The first-order chi connectivity index (χ1) is 9.11. The zero-order valence-corrected chi connectivity index (χ0v) is 12.2. The van der Waals surface area contributed by atoms with Gasteiger partial charge in [-0.15, -0.1) is 0 Å². The number of aryl methyl sites for hydroxylation is 1. The number of hydrogen-bond acceptors (Lipinski definition) is 2. The second-order valence-corrected chi connectivity index (χ2v) is 6.12. The van der Waals surface area contributed by atoms with Crippen molar-refractivity contribution in [2.24, 2.45) is 11.8 Å². The van der Waals surface area contributed by atoms with Crippen LogP contribution < -0.4 is 5.32 Å². The monoisotopic (exact) mass is 256 g/mol. The molecule has 1 fully saturated rings. The van der Waals surface area contributed by atoms with Gasteiger partial charge in [0.05, 0.1) is 11.3 Å². The molecular weight excluding hydrogens is 232 g/mol. The van der Waals surface area contributed by atoms with E-state index in [1.165, 1.54) is 25.7 Å². The summed E-state index contributed by atoms with van der Waals surface area (Å²) < 4.78 is 0. The number of hydrogen-bond donors (Lipinski definition) is 1. The van der Waals surface area contributed by atoms with Crippen LogP contribution in [0.15, 0.2) is 18.2 Å². The van der Waals surface area contributed by atoms with E-state index in [0.29, 0.717) is 6.04 Å². The van der Waals surface area contributed by atoms with E-state index in [9.17, 15) is 5.26 Å². The fraction of sp³-hybridized carbons (Fsp3) is 0.588. The third-order valence-electron chi connectivity index (χ3n) is 4.40. The van der Waals surface area contributed by atoms with Crippen molar-refractivity contribution in [2.75, 3.05) is 5.32 Å². The predicted octanol–water partition coefficient (Wildman–Crippen LogP) is 4.49. The molecule has 1 aromatic rings. The zero-order valence-electron chi connectivity index (χ0n) is 12.2.